The number of hydrogen-bond acceptors (Lipinski definition) is 11. The number of aliphatic carboxylic acids is 1. The summed E-state index contributed by atoms with van der Waals surface area (Å²) in [6.45, 7) is 10.6. The standard InChI is InChI=1S/C37H62O12/c1-19(9-12-36(47,18-39)31(2,3)46)20-10-11-33(5)22-7-8-23-34(6,30(44)45)25(49-29-28(43)27(42)26(41)21(16-38)48-29)15-24(40)37(23)17-35(22,37)14-13-32(20,33)4/h19-29,38-43,46-47H,7-18H2,1-6H3,(H,44,45)/t19-,20-,21-,22-,23+,24+,25+,26-,27+,28-,29+,32-,33+,34+,35+,36-,37-/m1/s1. The molecule has 2 spiro atoms. The van der Waals surface area contributed by atoms with E-state index in [1.54, 1.807) is 6.92 Å². The summed E-state index contributed by atoms with van der Waals surface area (Å²) in [4.78, 5) is 13.3. The Kier molecular flexibility index (Phi) is 9.30. The molecule has 6 rings (SSSR count). The first-order chi connectivity index (χ1) is 22.6. The van der Waals surface area contributed by atoms with Gasteiger partial charge in [0.05, 0.1) is 36.4 Å². The van der Waals surface area contributed by atoms with Crippen LogP contribution in [0.3, 0.4) is 0 Å². The fourth-order valence-electron chi connectivity index (χ4n) is 13.1. The quantitative estimate of drug-likeness (QED) is 0.149. The second-order valence-electron chi connectivity index (χ2n) is 18.5. The van der Waals surface area contributed by atoms with Crippen LogP contribution in [0.5, 0.6) is 0 Å². The zero-order valence-electron chi connectivity index (χ0n) is 30.1. The average molecular weight is 699 g/mol. The van der Waals surface area contributed by atoms with Gasteiger partial charge in [0.25, 0.3) is 0 Å². The molecule has 0 aromatic rings. The van der Waals surface area contributed by atoms with E-state index in [1.807, 2.05) is 0 Å². The molecule has 12 heteroatoms. The summed E-state index contributed by atoms with van der Waals surface area (Å²) in [6, 6.07) is 0. The van der Waals surface area contributed by atoms with Crippen molar-refractivity contribution in [2.24, 2.45) is 50.7 Å². The molecule has 17 atom stereocenters. The lowest BCUT2D eigenvalue weighted by molar-refractivity contribution is -0.330. The van der Waals surface area contributed by atoms with Gasteiger partial charge in [-0.15, -0.1) is 0 Å². The van der Waals surface area contributed by atoms with Gasteiger partial charge in [-0.25, -0.2) is 0 Å². The van der Waals surface area contributed by atoms with Gasteiger partial charge in [-0.05, 0) is 118 Å². The Morgan fingerprint density at radius 2 is 1.57 bits per heavy atom. The van der Waals surface area contributed by atoms with E-state index in [0.29, 0.717) is 31.1 Å². The van der Waals surface area contributed by atoms with E-state index in [0.717, 1.165) is 38.5 Å². The molecule has 0 unspecified atom stereocenters. The molecule has 1 aliphatic heterocycles. The molecule has 6 fully saturated rings. The van der Waals surface area contributed by atoms with Crippen molar-refractivity contribution < 1.29 is 60.2 Å². The first-order valence-electron chi connectivity index (χ1n) is 18.6. The smallest absolute Gasteiger partial charge is 0.312 e. The van der Waals surface area contributed by atoms with E-state index in [-0.39, 0.29) is 28.6 Å². The van der Waals surface area contributed by atoms with Gasteiger partial charge in [0.2, 0.25) is 0 Å². The maximum absolute atomic E-state index is 13.3. The molecule has 0 aromatic carbocycles. The summed E-state index contributed by atoms with van der Waals surface area (Å²) in [7, 11) is 0. The van der Waals surface area contributed by atoms with E-state index in [9.17, 15) is 50.8 Å². The van der Waals surface area contributed by atoms with Gasteiger partial charge in [-0.1, -0.05) is 20.8 Å². The highest BCUT2D eigenvalue weighted by atomic mass is 16.7. The fraction of sp³-hybridized carbons (Fsp3) is 0.973. The molecule has 5 saturated carbocycles. The van der Waals surface area contributed by atoms with Crippen molar-refractivity contribution in [1.29, 1.82) is 0 Å². The molecule has 0 bridgehead atoms. The molecule has 49 heavy (non-hydrogen) atoms. The lowest BCUT2D eigenvalue weighted by Crippen LogP contribution is -2.66. The van der Waals surface area contributed by atoms with E-state index in [2.05, 4.69) is 20.8 Å². The lowest BCUT2D eigenvalue weighted by Gasteiger charge is -2.64. The Morgan fingerprint density at radius 3 is 2.16 bits per heavy atom. The highest BCUT2D eigenvalue weighted by Gasteiger charge is 2.86. The second kappa shape index (κ2) is 12.0. The average Bonchev–Trinajstić information content (AvgIpc) is 3.66. The molecule has 0 radical (unpaired) electrons. The van der Waals surface area contributed by atoms with Crippen LogP contribution in [0, 0.1) is 50.7 Å². The first-order valence-corrected chi connectivity index (χ1v) is 18.6. The Morgan fingerprint density at radius 1 is 0.918 bits per heavy atom. The van der Waals surface area contributed by atoms with Crippen LogP contribution in [0.1, 0.15) is 106 Å². The normalized spacial score (nSPS) is 52.6. The molecule has 9 N–H and O–H groups in total. The van der Waals surface area contributed by atoms with Crippen LogP contribution in [0.2, 0.25) is 0 Å². The lowest BCUT2D eigenvalue weighted by atomic mass is 9.41. The van der Waals surface area contributed by atoms with Gasteiger partial charge >= 0.3 is 5.97 Å². The number of carboxylic acids is 1. The Hall–Kier alpha value is -0.930. The summed E-state index contributed by atoms with van der Waals surface area (Å²) in [5, 5.41) is 95.6. The van der Waals surface area contributed by atoms with Gasteiger partial charge in [-0.2, -0.15) is 0 Å². The summed E-state index contributed by atoms with van der Waals surface area (Å²) in [6.07, 6.45) is -2.43. The van der Waals surface area contributed by atoms with Gasteiger partial charge < -0.3 is 55.4 Å². The highest BCUT2D eigenvalue weighted by Crippen LogP contribution is 2.89. The largest absolute Gasteiger partial charge is 0.481 e. The van der Waals surface area contributed by atoms with Crippen molar-refractivity contribution >= 4 is 5.97 Å². The molecule has 0 amide bonds. The molecule has 1 saturated heterocycles. The van der Waals surface area contributed by atoms with Crippen LogP contribution in [0.25, 0.3) is 0 Å². The van der Waals surface area contributed by atoms with Gasteiger partial charge in [0.15, 0.2) is 6.29 Å². The number of carbonyl (C=O) groups is 1. The molecular formula is C37H62O12. The third-order valence-electron chi connectivity index (χ3n) is 16.5. The zero-order valence-corrected chi connectivity index (χ0v) is 30.1. The van der Waals surface area contributed by atoms with Gasteiger partial charge in [0, 0.05) is 11.8 Å². The third-order valence-corrected chi connectivity index (χ3v) is 16.5. The number of fused-ring (bicyclic) bond motifs is 2. The van der Waals surface area contributed by atoms with Crippen LogP contribution in [0.4, 0.5) is 0 Å². The minimum absolute atomic E-state index is 0.00448. The Balaban J connectivity index is 1.24. The maximum atomic E-state index is 13.3. The van der Waals surface area contributed by atoms with Crippen LogP contribution in [-0.4, -0.2) is 119 Å². The molecule has 282 valence electrons. The highest BCUT2D eigenvalue weighted by molar-refractivity contribution is 5.76. The SMILES string of the molecule is C[C@H](CC[C@@](O)(CO)C(C)(C)O)[C@H]1CC[C@@]2(C)[C@H]3CC[C@H]4[C@](C)(C(=O)O)[C@@H](O[C@@H]5O[C@H](CO)[C@@H](O)[C@H](O)[C@H]5O)C[C@H](O)[C@@]45C[C@@]35CC[C@]12C. The summed E-state index contributed by atoms with van der Waals surface area (Å²) in [5.74, 6) is -0.511. The minimum Gasteiger partial charge on any atom is -0.481 e. The number of aliphatic hydroxyl groups is 8. The first kappa shape index (κ1) is 37.8. The topological polar surface area (TPSA) is 218 Å². The zero-order chi connectivity index (χ0) is 36.3. The number of rotatable bonds is 10. The molecule has 12 nitrogen and oxygen atoms in total. The predicted octanol–water partition coefficient (Wildman–Crippen LogP) is 1.56. The number of aliphatic hydroxyl groups excluding tert-OH is 6. The van der Waals surface area contributed by atoms with Gasteiger partial charge in [0.1, 0.15) is 30.0 Å². The van der Waals surface area contributed by atoms with Crippen molar-refractivity contribution in [2.45, 2.75) is 160 Å². The summed E-state index contributed by atoms with van der Waals surface area (Å²) < 4.78 is 11.8. The van der Waals surface area contributed by atoms with Crippen molar-refractivity contribution in [3.05, 3.63) is 0 Å². The Bertz CT molecular complexity index is 1270. The third kappa shape index (κ3) is 4.94. The molecule has 6 aliphatic rings. The van der Waals surface area contributed by atoms with Crippen LogP contribution < -0.4 is 0 Å². The number of ether oxygens (including phenoxy) is 2. The van der Waals surface area contributed by atoms with Crippen molar-refractivity contribution in [1.82, 2.24) is 0 Å². The summed E-state index contributed by atoms with van der Waals surface area (Å²) in [5.41, 5.74) is -5.28. The van der Waals surface area contributed by atoms with E-state index in [1.165, 1.54) is 13.8 Å². The van der Waals surface area contributed by atoms with Gasteiger partial charge in [-0.3, -0.25) is 4.79 Å². The molecule has 1 heterocycles. The summed E-state index contributed by atoms with van der Waals surface area (Å²) >= 11 is 0. The van der Waals surface area contributed by atoms with Crippen LogP contribution in [0.15, 0.2) is 0 Å². The van der Waals surface area contributed by atoms with Crippen LogP contribution >= 0.6 is 0 Å². The fourth-order valence-corrected chi connectivity index (χ4v) is 13.1. The predicted molar refractivity (Wildman–Crippen MR) is 176 cm³/mol. The van der Waals surface area contributed by atoms with Crippen LogP contribution in [-0.2, 0) is 14.3 Å². The van der Waals surface area contributed by atoms with E-state index < -0.39 is 90.0 Å². The maximum Gasteiger partial charge on any atom is 0.312 e. The Labute approximate surface area is 289 Å². The van der Waals surface area contributed by atoms with Crippen molar-refractivity contribution in [3.63, 3.8) is 0 Å². The van der Waals surface area contributed by atoms with E-state index in [4.69, 9.17) is 9.47 Å². The molecule has 0 aromatic heterocycles. The van der Waals surface area contributed by atoms with Crippen molar-refractivity contribution in [2.75, 3.05) is 13.2 Å². The molecule has 5 aliphatic carbocycles. The number of hydrogen-bond donors (Lipinski definition) is 9. The molecular weight excluding hydrogens is 636 g/mol. The monoisotopic (exact) mass is 698 g/mol. The van der Waals surface area contributed by atoms with Crippen molar-refractivity contribution in [3.8, 4) is 0 Å². The second-order valence-corrected chi connectivity index (χ2v) is 18.5. The number of carboxylic acid groups (broad SMARTS) is 1. The van der Waals surface area contributed by atoms with E-state index >= 15 is 0 Å². The minimum atomic E-state index is -1.67.